The number of nitrogens with zero attached hydrogens (tertiary/aromatic N) is 2. The molecule has 1 heterocycles. The molecule has 5 heteroatoms. The van der Waals surface area contributed by atoms with Crippen molar-refractivity contribution >= 4 is 17.2 Å². The summed E-state index contributed by atoms with van der Waals surface area (Å²) in [6.07, 6.45) is 2.27. The molecule has 2 N–H and O–H groups in total. The Labute approximate surface area is 114 Å². The van der Waals surface area contributed by atoms with E-state index in [2.05, 4.69) is 24.0 Å². The van der Waals surface area contributed by atoms with Gasteiger partial charge >= 0.3 is 0 Å². The summed E-state index contributed by atoms with van der Waals surface area (Å²) in [5.41, 5.74) is 8.21. The van der Waals surface area contributed by atoms with Gasteiger partial charge in [0.2, 0.25) is 5.88 Å². The van der Waals surface area contributed by atoms with Crippen molar-refractivity contribution in [1.82, 2.24) is 10.2 Å². The molecule has 0 aromatic carbocycles. The number of thiocarbonyl (C=S) groups is 1. The lowest BCUT2D eigenvalue weighted by Gasteiger charge is -2.15. The molecule has 1 aromatic rings. The van der Waals surface area contributed by atoms with E-state index in [-0.39, 0.29) is 0 Å². The molecule has 0 saturated heterocycles. The molecule has 0 aliphatic carbocycles. The molecule has 0 radical (unpaired) electrons. The minimum atomic E-state index is 0.309. The van der Waals surface area contributed by atoms with Crippen LogP contribution in [0.2, 0.25) is 0 Å². The van der Waals surface area contributed by atoms with Crippen LogP contribution in [0.4, 0.5) is 0 Å². The SMILES string of the molecule is CCCC(C)COc1nnc(C)c(C)c1C(N)=S. The van der Waals surface area contributed by atoms with E-state index in [0.29, 0.717) is 29.0 Å². The summed E-state index contributed by atoms with van der Waals surface area (Å²) in [5, 5.41) is 8.11. The highest BCUT2D eigenvalue weighted by atomic mass is 32.1. The lowest BCUT2D eigenvalue weighted by atomic mass is 10.1. The van der Waals surface area contributed by atoms with E-state index in [1.807, 2.05) is 13.8 Å². The average Bonchev–Trinajstić information content (AvgIpc) is 2.30. The average molecular weight is 267 g/mol. The van der Waals surface area contributed by atoms with Gasteiger partial charge in [-0.1, -0.05) is 32.5 Å². The topological polar surface area (TPSA) is 61.0 Å². The van der Waals surface area contributed by atoms with Gasteiger partial charge in [0.05, 0.1) is 17.9 Å². The molecule has 1 unspecified atom stereocenters. The van der Waals surface area contributed by atoms with Gasteiger partial charge in [-0.25, -0.2) is 0 Å². The van der Waals surface area contributed by atoms with Crippen LogP contribution in [-0.4, -0.2) is 21.8 Å². The maximum absolute atomic E-state index is 5.73. The van der Waals surface area contributed by atoms with Crippen molar-refractivity contribution in [2.24, 2.45) is 11.7 Å². The highest BCUT2D eigenvalue weighted by Crippen LogP contribution is 2.21. The summed E-state index contributed by atoms with van der Waals surface area (Å²) in [5.74, 6) is 0.936. The van der Waals surface area contributed by atoms with Crippen LogP contribution in [0.25, 0.3) is 0 Å². The fourth-order valence-electron chi connectivity index (χ4n) is 1.78. The van der Waals surface area contributed by atoms with Crippen LogP contribution in [0.3, 0.4) is 0 Å². The van der Waals surface area contributed by atoms with Gasteiger partial charge in [-0.3, -0.25) is 0 Å². The molecule has 1 aromatic heterocycles. The second kappa shape index (κ2) is 6.64. The van der Waals surface area contributed by atoms with E-state index in [9.17, 15) is 0 Å². The van der Waals surface area contributed by atoms with Gasteiger partial charge in [0.15, 0.2) is 0 Å². The van der Waals surface area contributed by atoms with E-state index < -0.39 is 0 Å². The van der Waals surface area contributed by atoms with Gasteiger partial charge in [-0.05, 0) is 31.7 Å². The summed E-state index contributed by atoms with van der Waals surface area (Å²) in [4.78, 5) is 0.309. The number of rotatable bonds is 6. The molecule has 0 aliphatic heterocycles. The Balaban J connectivity index is 2.89. The van der Waals surface area contributed by atoms with Crippen LogP contribution < -0.4 is 10.5 Å². The molecule has 0 bridgehead atoms. The smallest absolute Gasteiger partial charge is 0.244 e. The second-order valence-corrected chi connectivity index (χ2v) is 5.10. The lowest BCUT2D eigenvalue weighted by molar-refractivity contribution is 0.240. The van der Waals surface area contributed by atoms with Gasteiger partial charge in [0.1, 0.15) is 4.99 Å². The highest BCUT2D eigenvalue weighted by molar-refractivity contribution is 7.80. The van der Waals surface area contributed by atoms with E-state index in [1.165, 1.54) is 0 Å². The first-order valence-electron chi connectivity index (χ1n) is 6.23. The van der Waals surface area contributed by atoms with Gasteiger partial charge in [0, 0.05) is 0 Å². The number of hydrogen-bond donors (Lipinski definition) is 1. The monoisotopic (exact) mass is 267 g/mol. The van der Waals surface area contributed by atoms with Crippen LogP contribution in [0.1, 0.15) is 43.5 Å². The molecule has 0 fully saturated rings. The normalized spacial score (nSPS) is 12.2. The van der Waals surface area contributed by atoms with Crippen molar-refractivity contribution in [3.05, 3.63) is 16.8 Å². The van der Waals surface area contributed by atoms with Crippen molar-refractivity contribution in [2.75, 3.05) is 6.61 Å². The van der Waals surface area contributed by atoms with Gasteiger partial charge in [-0.15, -0.1) is 5.10 Å². The first-order valence-corrected chi connectivity index (χ1v) is 6.64. The van der Waals surface area contributed by atoms with Crippen molar-refractivity contribution in [2.45, 2.75) is 40.5 Å². The van der Waals surface area contributed by atoms with Crippen LogP contribution in [-0.2, 0) is 0 Å². The number of hydrogen-bond acceptors (Lipinski definition) is 4. The molecule has 1 atom stereocenters. The predicted octanol–water partition coefficient (Wildman–Crippen LogP) is 2.54. The van der Waals surface area contributed by atoms with Crippen molar-refractivity contribution in [3.8, 4) is 5.88 Å². The Kier molecular flexibility index (Phi) is 5.47. The van der Waals surface area contributed by atoms with Crippen molar-refractivity contribution in [3.63, 3.8) is 0 Å². The zero-order chi connectivity index (χ0) is 13.7. The van der Waals surface area contributed by atoms with Gasteiger partial charge in [-0.2, -0.15) is 5.10 Å². The number of aryl methyl sites for hydroxylation is 1. The first kappa shape index (κ1) is 14.8. The van der Waals surface area contributed by atoms with Crippen LogP contribution in [0.5, 0.6) is 5.88 Å². The minimum Gasteiger partial charge on any atom is -0.476 e. The largest absolute Gasteiger partial charge is 0.476 e. The van der Waals surface area contributed by atoms with E-state index in [1.54, 1.807) is 0 Å². The molecule has 1 rings (SSSR count). The standard InChI is InChI=1S/C13H21N3OS/c1-5-6-8(2)7-17-13-11(12(14)18)9(3)10(4)15-16-13/h8H,5-7H2,1-4H3,(H2,14,18). The van der Waals surface area contributed by atoms with Crippen LogP contribution in [0.15, 0.2) is 0 Å². The lowest BCUT2D eigenvalue weighted by Crippen LogP contribution is -2.18. The molecular weight excluding hydrogens is 246 g/mol. The number of aromatic nitrogens is 2. The maximum atomic E-state index is 5.73. The Morgan fingerprint density at radius 1 is 1.39 bits per heavy atom. The summed E-state index contributed by atoms with van der Waals surface area (Å²) in [6, 6.07) is 0. The first-order chi connectivity index (χ1) is 8.47. The van der Waals surface area contributed by atoms with E-state index >= 15 is 0 Å². The molecule has 0 spiro atoms. The quantitative estimate of drug-likeness (QED) is 0.803. The summed E-state index contributed by atoms with van der Waals surface area (Å²) < 4.78 is 5.71. The van der Waals surface area contributed by atoms with E-state index in [4.69, 9.17) is 22.7 Å². The minimum absolute atomic E-state index is 0.309. The van der Waals surface area contributed by atoms with Crippen molar-refractivity contribution in [1.29, 1.82) is 0 Å². The third-order valence-corrected chi connectivity index (χ3v) is 3.16. The summed E-state index contributed by atoms with van der Waals surface area (Å²) >= 11 is 5.06. The molecule has 4 nitrogen and oxygen atoms in total. The Morgan fingerprint density at radius 2 is 2.06 bits per heavy atom. The van der Waals surface area contributed by atoms with Crippen molar-refractivity contribution < 1.29 is 4.74 Å². The summed E-state index contributed by atoms with van der Waals surface area (Å²) in [7, 11) is 0. The zero-order valence-electron chi connectivity index (χ0n) is 11.5. The van der Waals surface area contributed by atoms with Crippen LogP contribution >= 0.6 is 12.2 Å². The molecule has 0 aliphatic rings. The highest BCUT2D eigenvalue weighted by Gasteiger charge is 2.15. The third-order valence-electron chi connectivity index (χ3n) is 2.95. The molecule has 0 saturated carbocycles. The Bertz CT molecular complexity index is 434. The zero-order valence-corrected chi connectivity index (χ0v) is 12.3. The second-order valence-electron chi connectivity index (χ2n) is 4.66. The fraction of sp³-hybridized carbons (Fsp3) is 0.615. The van der Waals surface area contributed by atoms with E-state index in [0.717, 1.165) is 24.1 Å². The summed E-state index contributed by atoms with van der Waals surface area (Å²) in [6.45, 7) is 8.74. The van der Waals surface area contributed by atoms with Gasteiger partial charge in [0.25, 0.3) is 0 Å². The molecular formula is C13H21N3OS. The molecule has 100 valence electrons. The van der Waals surface area contributed by atoms with Crippen LogP contribution in [0, 0.1) is 19.8 Å². The molecule has 18 heavy (non-hydrogen) atoms. The molecule has 0 amide bonds. The Hall–Kier alpha value is -1.23. The Morgan fingerprint density at radius 3 is 2.61 bits per heavy atom. The maximum Gasteiger partial charge on any atom is 0.244 e. The third kappa shape index (κ3) is 3.63. The van der Waals surface area contributed by atoms with Gasteiger partial charge < -0.3 is 10.5 Å². The fourth-order valence-corrected chi connectivity index (χ4v) is 2.02. The number of ether oxygens (including phenoxy) is 1. The predicted molar refractivity (Wildman–Crippen MR) is 77.0 cm³/mol. The number of nitrogens with two attached hydrogens (primary N) is 1.